The summed E-state index contributed by atoms with van der Waals surface area (Å²) in [5.74, 6) is 0.577. The van der Waals surface area contributed by atoms with E-state index >= 15 is 0 Å². The molecule has 2 aromatic rings. The number of halogens is 1. The summed E-state index contributed by atoms with van der Waals surface area (Å²) >= 11 is 5.98. The van der Waals surface area contributed by atoms with Crippen LogP contribution in [0, 0.1) is 0 Å². The third-order valence-electron chi connectivity index (χ3n) is 2.77. The molecule has 0 atom stereocenters. The molecule has 20 heavy (non-hydrogen) atoms. The molecule has 0 radical (unpaired) electrons. The minimum atomic E-state index is 0.228. The zero-order valence-corrected chi connectivity index (χ0v) is 12.0. The maximum Gasteiger partial charge on any atom is 0.322 e. The Bertz CT molecular complexity index is 585. The first kappa shape index (κ1) is 14.3. The highest BCUT2D eigenvalue weighted by Gasteiger charge is 2.09. The Morgan fingerprint density at radius 3 is 2.30 bits per heavy atom. The standard InChI is InChI=1S/C13H15ClN4O2/c1-19-12-16-10(17-13(18-12)20-2)7-6-8-4-3-5-9(14)11(8)15/h3-5H,6-7,15H2,1-2H3. The number of nitrogen functional groups attached to an aromatic ring is 1. The van der Waals surface area contributed by atoms with Gasteiger partial charge in [-0.15, -0.1) is 4.98 Å². The molecular formula is C13H15ClN4O2. The summed E-state index contributed by atoms with van der Waals surface area (Å²) in [6.07, 6.45) is 1.25. The van der Waals surface area contributed by atoms with Gasteiger partial charge in [-0.05, 0) is 18.1 Å². The number of methoxy groups -OCH3 is 2. The summed E-state index contributed by atoms with van der Waals surface area (Å²) in [6.45, 7) is 0. The Kier molecular flexibility index (Phi) is 4.57. The minimum absolute atomic E-state index is 0.228. The van der Waals surface area contributed by atoms with Crippen molar-refractivity contribution in [2.45, 2.75) is 12.8 Å². The Morgan fingerprint density at radius 1 is 1.05 bits per heavy atom. The molecule has 7 heteroatoms. The van der Waals surface area contributed by atoms with Crippen molar-refractivity contribution in [1.82, 2.24) is 15.0 Å². The topological polar surface area (TPSA) is 83.2 Å². The number of rotatable bonds is 5. The molecular weight excluding hydrogens is 280 g/mol. The first-order valence-corrected chi connectivity index (χ1v) is 6.37. The number of para-hydroxylation sites is 1. The maximum atomic E-state index is 5.98. The van der Waals surface area contributed by atoms with E-state index in [0.717, 1.165) is 5.56 Å². The van der Waals surface area contributed by atoms with Crippen LogP contribution in [-0.2, 0) is 12.8 Å². The van der Waals surface area contributed by atoms with Gasteiger partial charge in [0.05, 0.1) is 24.9 Å². The summed E-state index contributed by atoms with van der Waals surface area (Å²) in [6, 6.07) is 6.01. The van der Waals surface area contributed by atoms with E-state index in [1.807, 2.05) is 12.1 Å². The van der Waals surface area contributed by atoms with Gasteiger partial charge in [0.2, 0.25) is 0 Å². The number of hydrogen-bond donors (Lipinski definition) is 1. The van der Waals surface area contributed by atoms with Crippen LogP contribution in [0.15, 0.2) is 18.2 Å². The summed E-state index contributed by atoms with van der Waals surface area (Å²) in [7, 11) is 2.99. The Labute approximate surface area is 121 Å². The molecule has 106 valence electrons. The van der Waals surface area contributed by atoms with Crippen LogP contribution in [-0.4, -0.2) is 29.2 Å². The molecule has 0 saturated carbocycles. The summed E-state index contributed by atoms with van der Waals surface area (Å²) in [5.41, 5.74) is 7.46. The van der Waals surface area contributed by atoms with Crippen LogP contribution in [0.1, 0.15) is 11.4 Å². The van der Waals surface area contributed by atoms with Crippen LogP contribution in [0.3, 0.4) is 0 Å². The summed E-state index contributed by atoms with van der Waals surface area (Å²) in [5, 5.41) is 0.549. The van der Waals surface area contributed by atoms with Crippen molar-refractivity contribution in [3.8, 4) is 12.0 Å². The van der Waals surface area contributed by atoms with E-state index in [0.29, 0.717) is 29.4 Å². The Morgan fingerprint density at radius 2 is 1.70 bits per heavy atom. The second kappa shape index (κ2) is 6.38. The average molecular weight is 295 g/mol. The number of hydrogen-bond acceptors (Lipinski definition) is 6. The van der Waals surface area contributed by atoms with Gasteiger partial charge in [0.15, 0.2) is 0 Å². The van der Waals surface area contributed by atoms with Crippen molar-refractivity contribution in [2.24, 2.45) is 0 Å². The molecule has 0 aliphatic heterocycles. The van der Waals surface area contributed by atoms with Crippen molar-refractivity contribution < 1.29 is 9.47 Å². The first-order chi connectivity index (χ1) is 9.63. The molecule has 1 aromatic heterocycles. The van der Waals surface area contributed by atoms with Gasteiger partial charge in [-0.25, -0.2) is 0 Å². The van der Waals surface area contributed by atoms with Gasteiger partial charge in [-0.1, -0.05) is 23.7 Å². The molecule has 0 bridgehead atoms. The highest BCUT2D eigenvalue weighted by atomic mass is 35.5. The van der Waals surface area contributed by atoms with Crippen LogP contribution in [0.5, 0.6) is 12.0 Å². The van der Waals surface area contributed by atoms with E-state index in [9.17, 15) is 0 Å². The molecule has 2 rings (SSSR count). The van der Waals surface area contributed by atoms with Crippen LogP contribution in [0.2, 0.25) is 5.02 Å². The first-order valence-electron chi connectivity index (χ1n) is 6.00. The van der Waals surface area contributed by atoms with Crippen molar-refractivity contribution in [1.29, 1.82) is 0 Å². The molecule has 2 N–H and O–H groups in total. The minimum Gasteiger partial charge on any atom is -0.467 e. The highest BCUT2D eigenvalue weighted by molar-refractivity contribution is 6.33. The lowest BCUT2D eigenvalue weighted by Crippen LogP contribution is -2.06. The molecule has 1 aromatic carbocycles. The van der Waals surface area contributed by atoms with Gasteiger partial charge in [0.1, 0.15) is 5.82 Å². The maximum absolute atomic E-state index is 5.98. The average Bonchev–Trinajstić information content (AvgIpc) is 2.48. The lowest BCUT2D eigenvalue weighted by molar-refractivity contribution is 0.336. The number of nitrogens with zero attached hydrogens (tertiary/aromatic N) is 3. The van der Waals surface area contributed by atoms with Crippen molar-refractivity contribution in [3.63, 3.8) is 0 Å². The molecule has 0 aliphatic rings. The third kappa shape index (κ3) is 3.27. The van der Waals surface area contributed by atoms with Gasteiger partial charge in [-0.3, -0.25) is 0 Å². The van der Waals surface area contributed by atoms with Crippen molar-refractivity contribution >= 4 is 17.3 Å². The molecule has 1 heterocycles. The number of nitrogens with two attached hydrogens (primary N) is 1. The van der Waals surface area contributed by atoms with Crippen molar-refractivity contribution in [2.75, 3.05) is 20.0 Å². The fourth-order valence-electron chi connectivity index (χ4n) is 1.72. The van der Waals surface area contributed by atoms with E-state index in [1.54, 1.807) is 6.07 Å². The van der Waals surface area contributed by atoms with Crippen LogP contribution in [0.4, 0.5) is 5.69 Å². The van der Waals surface area contributed by atoms with E-state index in [4.69, 9.17) is 26.8 Å². The fourth-order valence-corrected chi connectivity index (χ4v) is 1.91. The van der Waals surface area contributed by atoms with Crippen molar-refractivity contribution in [3.05, 3.63) is 34.6 Å². The van der Waals surface area contributed by atoms with Gasteiger partial charge < -0.3 is 15.2 Å². The van der Waals surface area contributed by atoms with E-state index < -0.39 is 0 Å². The molecule has 0 unspecified atom stereocenters. The molecule has 0 amide bonds. The predicted molar refractivity (Wildman–Crippen MR) is 76.2 cm³/mol. The summed E-state index contributed by atoms with van der Waals surface area (Å²) in [4.78, 5) is 12.3. The Balaban J connectivity index is 2.16. The number of aromatic nitrogens is 3. The second-order valence-electron chi connectivity index (χ2n) is 4.04. The quantitative estimate of drug-likeness (QED) is 0.848. The second-order valence-corrected chi connectivity index (χ2v) is 4.44. The normalized spacial score (nSPS) is 10.3. The molecule has 0 fully saturated rings. The summed E-state index contributed by atoms with van der Waals surface area (Å²) < 4.78 is 10.0. The number of ether oxygens (including phenoxy) is 2. The van der Waals surface area contributed by atoms with E-state index in [2.05, 4.69) is 15.0 Å². The highest BCUT2D eigenvalue weighted by Crippen LogP contribution is 2.23. The monoisotopic (exact) mass is 294 g/mol. The van der Waals surface area contributed by atoms with Crippen LogP contribution < -0.4 is 15.2 Å². The molecule has 6 nitrogen and oxygen atoms in total. The SMILES string of the molecule is COc1nc(CCc2cccc(Cl)c2N)nc(OC)n1. The number of anilines is 1. The van der Waals surface area contributed by atoms with Crippen LogP contribution >= 0.6 is 11.6 Å². The van der Waals surface area contributed by atoms with Gasteiger partial charge in [0, 0.05) is 6.42 Å². The lowest BCUT2D eigenvalue weighted by Gasteiger charge is -2.07. The smallest absolute Gasteiger partial charge is 0.322 e. The van der Waals surface area contributed by atoms with Gasteiger partial charge in [0.25, 0.3) is 0 Å². The predicted octanol–water partition coefficient (Wildman–Crippen LogP) is 1.91. The van der Waals surface area contributed by atoms with E-state index in [1.165, 1.54) is 14.2 Å². The van der Waals surface area contributed by atoms with Gasteiger partial charge in [-0.2, -0.15) is 9.97 Å². The van der Waals surface area contributed by atoms with Crippen LogP contribution in [0.25, 0.3) is 0 Å². The molecule has 0 spiro atoms. The zero-order valence-electron chi connectivity index (χ0n) is 11.3. The number of benzene rings is 1. The molecule has 0 aliphatic carbocycles. The van der Waals surface area contributed by atoms with E-state index in [-0.39, 0.29) is 12.0 Å². The van der Waals surface area contributed by atoms with Gasteiger partial charge >= 0.3 is 12.0 Å². The number of aryl methyl sites for hydroxylation is 2. The largest absolute Gasteiger partial charge is 0.467 e. The zero-order chi connectivity index (χ0) is 14.5. The molecule has 0 saturated heterocycles. The third-order valence-corrected chi connectivity index (χ3v) is 3.10. The lowest BCUT2D eigenvalue weighted by atomic mass is 10.1. The fraction of sp³-hybridized carbons (Fsp3) is 0.308. The Hall–Kier alpha value is -2.08.